The van der Waals surface area contributed by atoms with Crippen molar-refractivity contribution in [2.75, 3.05) is 31.1 Å². The molecule has 33 heavy (non-hydrogen) atoms. The van der Waals surface area contributed by atoms with Crippen LogP contribution in [-0.4, -0.2) is 51.7 Å². The Morgan fingerprint density at radius 2 is 1.79 bits per heavy atom. The van der Waals surface area contributed by atoms with Crippen molar-refractivity contribution in [1.82, 2.24) is 19.6 Å². The lowest BCUT2D eigenvalue weighted by Crippen LogP contribution is -2.48. The van der Waals surface area contributed by atoms with Crippen LogP contribution < -0.4 is 4.90 Å². The molecule has 4 rings (SSSR count). The molecule has 1 fully saturated rings. The third kappa shape index (κ3) is 4.79. The molecule has 0 atom stereocenters. The summed E-state index contributed by atoms with van der Waals surface area (Å²) in [7, 11) is 0. The molecule has 174 valence electrons. The average Bonchev–Trinajstić information content (AvgIpc) is 3.33. The van der Waals surface area contributed by atoms with Crippen molar-refractivity contribution in [2.24, 2.45) is 0 Å². The molecule has 0 radical (unpaired) electrons. The number of aryl methyl sites for hydroxylation is 2. The van der Waals surface area contributed by atoms with Crippen LogP contribution in [0.5, 0.6) is 0 Å². The maximum atomic E-state index is 12.7. The highest BCUT2D eigenvalue weighted by Gasteiger charge is 2.31. The first-order valence-electron chi connectivity index (χ1n) is 10.5. The predicted octanol–water partition coefficient (Wildman–Crippen LogP) is 4.17. The first-order valence-corrected chi connectivity index (χ1v) is 10.5. The molecule has 0 bridgehead atoms. The molecular formula is C23H24F3N5O2. The van der Waals surface area contributed by atoms with Crippen molar-refractivity contribution in [3.8, 4) is 5.82 Å². The van der Waals surface area contributed by atoms with E-state index in [2.05, 4.69) is 10.1 Å². The summed E-state index contributed by atoms with van der Waals surface area (Å²) in [4.78, 5) is 20.2. The summed E-state index contributed by atoms with van der Waals surface area (Å²) in [5.41, 5.74) is 2.06. The zero-order valence-electron chi connectivity index (χ0n) is 18.6. The zero-order valence-corrected chi connectivity index (χ0v) is 18.6. The Morgan fingerprint density at radius 1 is 1.06 bits per heavy atom. The number of carbonyl (C=O) groups is 1. The molecule has 0 aliphatic carbocycles. The van der Waals surface area contributed by atoms with Gasteiger partial charge >= 0.3 is 6.18 Å². The van der Waals surface area contributed by atoms with Gasteiger partial charge in [0.1, 0.15) is 11.6 Å². The lowest BCUT2D eigenvalue weighted by Gasteiger charge is -2.35. The van der Waals surface area contributed by atoms with Gasteiger partial charge < -0.3 is 14.3 Å². The van der Waals surface area contributed by atoms with Crippen molar-refractivity contribution in [2.45, 2.75) is 26.9 Å². The van der Waals surface area contributed by atoms with Gasteiger partial charge in [0, 0.05) is 55.9 Å². The lowest BCUT2D eigenvalue weighted by molar-refractivity contribution is -0.137. The molecule has 1 aliphatic rings. The fourth-order valence-electron chi connectivity index (χ4n) is 3.93. The summed E-state index contributed by atoms with van der Waals surface area (Å²) in [5.74, 6) is 1.77. The number of hydrogen-bond acceptors (Lipinski definition) is 5. The average molecular weight is 459 g/mol. The van der Waals surface area contributed by atoms with E-state index in [0.29, 0.717) is 37.8 Å². The number of anilines is 1. The molecule has 0 N–H and O–H groups in total. The number of carbonyl (C=O) groups excluding carboxylic acids is 1. The first kappa shape index (κ1) is 22.6. The molecule has 0 unspecified atom stereocenters. The molecule has 3 aromatic heterocycles. The minimum absolute atomic E-state index is 0.114. The summed E-state index contributed by atoms with van der Waals surface area (Å²) in [6.45, 7) is 7.67. The van der Waals surface area contributed by atoms with Gasteiger partial charge in [-0.1, -0.05) is 5.16 Å². The number of piperazine rings is 1. The topological polar surface area (TPSA) is 67.4 Å². The number of alkyl halides is 3. The maximum Gasteiger partial charge on any atom is 0.417 e. The van der Waals surface area contributed by atoms with E-state index < -0.39 is 11.7 Å². The second-order valence-corrected chi connectivity index (χ2v) is 8.01. The monoisotopic (exact) mass is 459 g/mol. The second kappa shape index (κ2) is 8.76. The number of amides is 1. The normalized spacial score (nSPS) is 15.0. The van der Waals surface area contributed by atoms with Gasteiger partial charge in [-0.3, -0.25) is 9.36 Å². The number of halogens is 3. The Balaban J connectivity index is 1.38. The molecule has 1 amide bonds. The predicted molar refractivity (Wildman–Crippen MR) is 117 cm³/mol. The summed E-state index contributed by atoms with van der Waals surface area (Å²) < 4.78 is 45.3. The van der Waals surface area contributed by atoms with Crippen LogP contribution >= 0.6 is 0 Å². The third-order valence-corrected chi connectivity index (χ3v) is 5.71. The summed E-state index contributed by atoms with van der Waals surface area (Å²) in [6.07, 6.45) is -0.231. The molecule has 0 aromatic carbocycles. The quantitative estimate of drug-likeness (QED) is 0.548. The molecule has 0 spiro atoms. The van der Waals surface area contributed by atoms with Crippen LogP contribution in [0.1, 0.15) is 28.3 Å². The van der Waals surface area contributed by atoms with E-state index in [1.54, 1.807) is 17.1 Å². The Morgan fingerprint density at radius 3 is 2.36 bits per heavy atom. The van der Waals surface area contributed by atoms with Gasteiger partial charge in [0.05, 0.1) is 5.56 Å². The van der Waals surface area contributed by atoms with E-state index in [-0.39, 0.29) is 5.91 Å². The minimum atomic E-state index is -4.41. The van der Waals surface area contributed by atoms with E-state index in [9.17, 15) is 18.0 Å². The Kier molecular flexibility index (Phi) is 6.01. The molecule has 1 saturated heterocycles. The van der Waals surface area contributed by atoms with Crippen molar-refractivity contribution in [3.63, 3.8) is 0 Å². The highest BCUT2D eigenvalue weighted by molar-refractivity contribution is 5.92. The molecule has 3 aromatic rings. The number of nitrogens with zero attached hydrogens (tertiary/aromatic N) is 5. The van der Waals surface area contributed by atoms with Crippen LogP contribution in [0.2, 0.25) is 0 Å². The van der Waals surface area contributed by atoms with Crippen LogP contribution in [0.15, 0.2) is 41.1 Å². The van der Waals surface area contributed by atoms with Gasteiger partial charge in [0.25, 0.3) is 0 Å². The van der Waals surface area contributed by atoms with Crippen LogP contribution in [0.25, 0.3) is 11.9 Å². The fourth-order valence-corrected chi connectivity index (χ4v) is 3.93. The van der Waals surface area contributed by atoms with Crippen LogP contribution in [0, 0.1) is 20.8 Å². The number of pyridine rings is 1. The van der Waals surface area contributed by atoms with Crippen molar-refractivity contribution in [3.05, 3.63) is 64.8 Å². The molecule has 10 heteroatoms. The molecule has 4 heterocycles. The summed E-state index contributed by atoms with van der Waals surface area (Å²) in [5, 5.41) is 4.06. The fraction of sp³-hybridized carbons (Fsp3) is 0.348. The number of aromatic nitrogens is 3. The standard InChI is InChI=1S/C23H24F3N5O2/c1-15-12-18(17(3)31(15)21-13-16(2)33-28-21)4-7-22(32)30-10-8-29(9-11-30)20-6-5-19(14-27-20)23(24,25)26/h4-7,12-14H,8-11H2,1-3H3/b7-4+. The van der Waals surface area contributed by atoms with E-state index >= 15 is 0 Å². The molecule has 1 aliphatic heterocycles. The first-order chi connectivity index (χ1) is 15.6. The van der Waals surface area contributed by atoms with Crippen LogP contribution in [0.4, 0.5) is 19.0 Å². The van der Waals surface area contributed by atoms with Gasteiger partial charge in [-0.2, -0.15) is 13.2 Å². The Hall–Kier alpha value is -3.56. The van der Waals surface area contributed by atoms with Gasteiger partial charge in [-0.15, -0.1) is 0 Å². The van der Waals surface area contributed by atoms with Crippen molar-refractivity contribution >= 4 is 17.8 Å². The summed E-state index contributed by atoms with van der Waals surface area (Å²) >= 11 is 0. The molecule has 7 nitrogen and oxygen atoms in total. The number of hydrogen-bond donors (Lipinski definition) is 0. The second-order valence-electron chi connectivity index (χ2n) is 8.01. The maximum absolute atomic E-state index is 12.7. The van der Waals surface area contributed by atoms with Gasteiger partial charge in [0.15, 0.2) is 5.82 Å². The van der Waals surface area contributed by atoms with E-state index in [0.717, 1.165) is 35.0 Å². The van der Waals surface area contributed by atoms with Crippen LogP contribution in [-0.2, 0) is 11.0 Å². The summed E-state index contributed by atoms with van der Waals surface area (Å²) in [6, 6.07) is 6.23. The van der Waals surface area contributed by atoms with Crippen LogP contribution in [0.3, 0.4) is 0 Å². The van der Waals surface area contributed by atoms with Gasteiger partial charge in [0.2, 0.25) is 5.91 Å². The van der Waals surface area contributed by atoms with Gasteiger partial charge in [-0.05, 0) is 50.6 Å². The SMILES string of the molecule is Cc1cc(-n2c(C)cc(/C=C/C(=O)N3CCN(c4ccc(C(F)(F)F)cn4)CC3)c2C)no1. The Bertz CT molecular complexity index is 1170. The van der Waals surface area contributed by atoms with Crippen molar-refractivity contribution < 1.29 is 22.5 Å². The largest absolute Gasteiger partial charge is 0.417 e. The van der Waals surface area contributed by atoms with E-state index in [4.69, 9.17) is 4.52 Å². The smallest absolute Gasteiger partial charge is 0.360 e. The highest BCUT2D eigenvalue weighted by Crippen LogP contribution is 2.29. The molecule has 0 saturated carbocycles. The van der Waals surface area contributed by atoms with Gasteiger partial charge in [-0.25, -0.2) is 4.98 Å². The zero-order chi connectivity index (χ0) is 23.8. The van der Waals surface area contributed by atoms with E-state index in [1.165, 1.54) is 6.07 Å². The number of rotatable bonds is 4. The minimum Gasteiger partial charge on any atom is -0.360 e. The van der Waals surface area contributed by atoms with E-state index in [1.807, 2.05) is 42.4 Å². The Labute approximate surface area is 189 Å². The van der Waals surface area contributed by atoms with Crippen molar-refractivity contribution in [1.29, 1.82) is 0 Å². The highest BCUT2D eigenvalue weighted by atomic mass is 19.4. The molecular weight excluding hydrogens is 435 g/mol. The third-order valence-electron chi connectivity index (χ3n) is 5.71. The lowest BCUT2D eigenvalue weighted by atomic mass is 10.2.